The van der Waals surface area contributed by atoms with Gasteiger partial charge in [-0.3, -0.25) is 0 Å². The summed E-state index contributed by atoms with van der Waals surface area (Å²) in [6.45, 7) is 6.22. The normalized spacial score (nSPS) is 12.6. The molecular weight excluding hydrogens is 270 g/mol. The van der Waals surface area contributed by atoms with Crippen LogP contribution in [0.25, 0.3) is 0 Å². The first kappa shape index (κ1) is 15.1. The summed E-state index contributed by atoms with van der Waals surface area (Å²) in [5.74, 6) is 0. The molecule has 108 valence electrons. The summed E-state index contributed by atoms with van der Waals surface area (Å²) < 4.78 is 2.20. The van der Waals surface area contributed by atoms with E-state index >= 15 is 0 Å². The van der Waals surface area contributed by atoms with E-state index in [2.05, 4.69) is 34.8 Å². The third kappa shape index (κ3) is 4.09. The van der Waals surface area contributed by atoms with E-state index in [-0.39, 0.29) is 0 Å². The van der Waals surface area contributed by atoms with E-state index in [9.17, 15) is 0 Å². The van der Waals surface area contributed by atoms with Gasteiger partial charge < -0.3 is 9.88 Å². The van der Waals surface area contributed by atoms with Gasteiger partial charge in [-0.15, -0.1) is 0 Å². The van der Waals surface area contributed by atoms with E-state index < -0.39 is 0 Å². The summed E-state index contributed by atoms with van der Waals surface area (Å²) in [7, 11) is 0. The molecule has 0 saturated heterocycles. The number of rotatable bonds is 7. The molecule has 0 amide bonds. The molecule has 20 heavy (non-hydrogen) atoms. The summed E-state index contributed by atoms with van der Waals surface area (Å²) in [6, 6.07) is 8.40. The molecule has 1 heterocycles. The van der Waals surface area contributed by atoms with Crippen molar-refractivity contribution in [3.63, 3.8) is 0 Å². The van der Waals surface area contributed by atoms with Gasteiger partial charge in [0.1, 0.15) is 0 Å². The highest BCUT2D eigenvalue weighted by Gasteiger charge is 2.07. The monoisotopic (exact) mass is 291 g/mol. The minimum atomic E-state index is 0.375. The molecule has 3 nitrogen and oxygen atoms in total. The molecule has 2 rings (SSSR count). The van der Waals surface area contributed by atoms with Gasteiger partial charge >= 0.3 is 0 Å². The first-order chi connectivity index (χ1) is 9.70. The number of aryl methyl sites for hydroxylation is 1. The van der Waals surface area contributed by atoms with Gasteiger partial charge in [0, 0.05) is 30.4 Å². The van der Waals surface area contributed by atoms with Crippen LogP contribution in [0.1, 0.15) is 31.5 Å². The van der Waals surface area contributed by atoms with Crippen LogP contribution in [0.2, 0.25) is 5.02 Å². The second-order valence-electron chi connectivity index (χ2n) is 5.16. The Bertz CT molecular complexity index is 536. The van der Waals surface area contributed by atoms with Crippen LogP contribution in [0.3, 0.4) is 0 Å². The summed E-state index contributed by atoms with van der Waals surface area (Å²) in [5, 5.41) is 4.38. The van der Waals surface area contributed by atoms with Gasteiger partial charge in [0.15, 0.2) is 0 Å². The molecule has 2 aromatic rings. The molecule has 0 radical (unpaired) electrons. The first-order valence-electron chi connectivity index (χ1n) is 7.16. The molecule has 0 fully saturated rings. The van der Waals surface area contributed by atoms with Crippen LogP contribution in [-0.2, 0) is 19.5 Å². The average molecular weight is 292 g/mol. The molecule has 0 saturated carbocycles. The van der Waals surface area contributed by atoms with Crippen molar-refractivity contribution in [2.24, 2.45) is 0 Å². The number of benzene rings is 1. The Hall–Kier alpha value is -1.32. The van der Waals surface area contributed by atoms with Crippen molar-refractivity contribution >= 4 is 11.6 Å². The van der Waals surface area contributed by atoms with E-state index in [0.29, 0.717) is 6.04 Å². The van der Waals surface area contributed by atoms with Gasteiger partial charge in [-0.25, -0.2) is 4.98 Å². The summed E-state index contributed by atoms with van der Waals surface area (Å²) in [4.78, 5) is 4.22. The van der Waals surface area contributed by atoms with Crippen molar-refractivity contribution < 1.29 is 0 Å². The van der Waals surface area contributed by atoms with Crippen molar-refractivity contribution in [1.82, 2.24) is 14.9 Å². The zero-order valence-electron chi connectivity index (χ0n) is 12.1. The molecule has 0 aliphatic heterocycles. The largest absolute Gasteiger partial charge is 0.333 e. The molecule has 1 aromatic heterocycles. The lowest BCUT2D eigenvalue weighted by molar-refractivity contribution is 0.521. The van der Waals surface area contributed by atoms with Gasteiger partial charge in [0.25, 0.3) is 0 Å². The zero-order valence-corrected chi connectivity index (χ0v) is 12.9. The molecule has 0 aliphatic rings. The Morgan fingerprint density at radius 2 is 2.15 bits per heavy atom. The zero-order chi connectivity index (χ0) is 14.4. The predicted octanol–water partition coefficient (Wildman–Crippen LogP) is 3.67. The number of aromatic nitrogens is 2. The highest BCUT2D eigenvalue weighted by Crippen LogP contribution is 2.16. The predicted molar refractivity (Wildman–Crippen MR) is 84.0 cm³/mol. The lowest BCUT2D eigenvalue weighted by Crippen LogP contribution is -2.28. The molecule has 1 aromatic carbocycles. The maximum absolute atomic E-state index is 6.19. The Morgan fingerprint density at radius 3 is 2.90 bits per heavy atom. The first-order valence-corrected chi connectivity index (χ1v) is 7.54. The van der Waals surface area contributed by atoms with Gasteiger partial charge in [-0.05, 0) is 31.4 Å². The summed E-state index contributed by atoms with van der Waals surface area (Å²) in [5.41, 5.74) is 2.43. The number of hydrogen-bond donors (Lipinski definition) is 1. The Labute approximate surface area is 126 Å². The minimum Gasteiger partial charge on any atom is -0.333 e. The summed E-state index contributed by atoms with van der Waals surface area (Å²) in [6.07, 6.45) is 5.89. The molecule has 0 aliphatic carbocycles. The van der Waals surface area contributed by atoms with Crippen LogP contribution in [0.5, 0.6) is 0 Å². The van der Waals surface area contributed by atoms with E-state index in [1.165, 1.54) is 11.3 Å². The van der Waals surface area contributed by atoms with Gasteiger partial charge in [0.05, 0.1) is 12.0 Å². The van der Waals surface area contributed by atoms with Crippen LogP contribution in [-0.4, -0.2) is 15.6 Å². The third-order valence-electron chi connectivity index (χ3n) is 3.38. The molecule has 1 atom stereocenters. The van der Waals surface area contributed by atoms with Crippen molar-refractivity contribution in [1.29, 1.82) is 0 Å². The van der Waals surface area contributed by atoms with Crippen LogP contribution in [0.4, 0.5) is 0 Å². The average Bonchev–Trinajstić information content (AvgIpc) is 2.87. The van der Waals surface area contributed by atoms with Crippen LogP contribution >= 0.6 is 11.6 Å². The number of nitrogens with zero attached hydrogens (tertiary/aromatic N) is 2. The molecule has 1 N–H and O–H groups in total. The van der Waals surface area contributed by atoms with E-state index in [4.69, 9.17) is 11.6 Å². The highest BCUT2D eigenvalue weighted by atomic mass is 35.5. The standard InChI is InChI=1S/C16H22ClN3/c1-3-8-20-12-18-10-15(20)11-19-13(2)9-14-6-4-5-7-16(14)17/h4-7,10,12-13,19H,3,8-9,11H2,1-2H3. The Morgan fingerprint density at radius 1 is 1.35 bits per heavy atom. The van der Waals surface area contributed by atoms with Crippen molar-refractivity contribution in [3.8, 4) is 0 Å². The van der Waals surface area contributed by atoms with E-state index in [1.54, 1.807) is 0 Å². The fourth-order valence-corrected chi connectivity index (χ4v) is 2.50. The van der Waals surface area contributed by atoms with Crippen LogP contribution < -0.4 is 5.32 Å². The number of halogens is 1. The fraction of sp³-hybridized carbons (Fsp3) is 0.438. The second kappa shape index (κ2) is 7.46. The van der Waals surface area contributed by atoms with E-state index in [1.807, 2.05) is 30.7 Å². The van der Waals surface area contributed by atoms with Gasteiger partial charge in [0.2, 0.25) is 0 Å². The minimum absolute atomic E-state index is 0.375. The number of hydrogen-bond acceptors (Lipinski definition) is 2. The van der Waals surface area contributed by atoms with Gasteiger partial charge in [-0.2, -0.15) is 0 Å². The van der Waals surface area contributed by atoms with Crippen molar-refractivity contribution in [3.05, 3.63) is 53.1 Å². The smallest absolute Gasteiger partial charge is 0.0948 e. The maximum Gasteiger partial charge on any atom is 0.0948 e. The molecule has 1 unspecified atom stereocenters. The van der Waals surface area contributed by atoms with Crippen molar-refractivity contribution in [2.45, 2.75) is 45.8 Å². The number of nitrogens with one attached hydrogen (secondary N) is 1. The quantitative estimate of drug-likeness (QED) is 0.843. The van der Waals surface area contributed by atoms with E-state index in [0.717, 1.165) is 31.0 Å². The van der Waals surface area contributed by atoms with Gasteiger partial charge in [-0.1, -0.05) is 36.7 Å². The Kier molecular flexibility index (Phi) is 5.62. The third-order valence-corrected chi connectivity index (χ3v) is 3.75. The number of imidazole rings is 1. The highest BCUT2D eigenvalue weighted by molar-refractivity contribution is 6.31. The SMILES string of the molecule is CCCn1cncc1CNC(C)Cc1ccccc1Cl. The topological polar surface area (TPSA) is 29.9 Å². The lowest BCUT2D eigenvalue weighted by atomic mass is 10.1. The second-order valence-corrected chi connectivity index (χ2v) is 5.56. The Balaban J connectivity index is 1.87. The molecule has 0 spiro atoms. The van der Waals surface area contributed by atoms with Crippen molar-refractivity contribution in [2.75, 3.05) is 0 Å². The van der Waals surface area contributed by atoms with Crippen LogP contribution in [0.15, 0.2) is 36.8 Å². The maximum atomic E-state index is 6.19. The molecule has 4 heteroatoms. The summed E-state index contributed by atoms with van der Waals surface area (Å²) >= 11 is 6.19. The lowest BCUT2D eigenvalue weighted by Gasteiger charge is -2.15. The molecule has 0 bridgehead atoms. The molecular formula is C16H22ClN3. The fourth-order valence-electron chi connectivity index (χ4n) is 2.28. The van der Waals surface area contributed by atoms with Crippen LogP contribution in [0, 0.1) is 0 Å².